The van der Waals surface area contributed by atoms with Crippen molar-refractivity contribution in [1.29, 1.82) is 0 Å². The fourth-order valence-electron chi connectivity index (χ4n) is 2.10. The molecule has 1 heterocycles. The summed E-state index contributed by atoms with van der Waals surface area (Å²) in [6, 6.07) is 11.4. The van der Waals surface area contributed by atoms with Crippen LogP contribution in [0.4, 0.5) is 0 Å². The minimum Gasteiger partial charge on any atom is -0.507 e. The first-order chi connectivity index (χ1) is 9.67. The van der Waals surface area contributed by atoms with E-state index in [4.69, 9.17) is 4.74 Å². The molecule has 3 rings (SSSR count). The molecule has 0 aliphatic heterocycles. The summed E-state index contributed by atoms with van der Waals surface area (Å²) in [5, 5.41) is 10.8. The van der Waals surface area contributed by atoms with E-state index >= 15 is 0 Å². The highest BCUT2D eigenvalue weighted by Crippen LogP contribution is 2.36. The molecule has 0 bridgehead atoms. The zero-order valence-electron chi connectivity index (χ0n) is 11.4. The van der Waals surface area contributed by atoms with E-state index < -0.39 is 0 Å². The van der Waals surface area contributed by atoms with Crippen LogP contribution in [0.3, 0.4) is 0 Å². The summed E-state index contributed by atoms with van der Waals surface area (Å²) in [7, 11) is 0. The SMILES string of the molecule is CCOc1ccc2nc(-c3cc(C)ccc3O)sc2c1. The van der Waals surface area contributed by atoms with Crippen LogP contribution >= 0.6 is 11.3 Å². The number of phenolic OH excluding ortho intramolecular Hbond substituents is 1. The highest BCUT2D eigenvalue weighted by Gasteiger charge is 2.11. The van der Waals surface area contributed by atoms with Crippen LogP contribution in [-0.2, 0) is 0 Å². The Morgan fingerprint density at radius 3 is 2.85 bits per heavy atom. The van der Waals surface area contributed by atoms with E-state index in [2.05, 4.69) is 4.98 Å². The van der Waals surface area contributed by atoms with Gasteiger partial charge in [-0.15, -0.1) is 11.3 Å². The first kappa shape index (κ1) is 12.9. The summed E-state index contributed by atoms with van der Waals surface area (Å²) in [5.41, 5.74) is 2.81. The smallest absolute Gasteiger partial charge is 0.128 e. The van der Waals surface area contributed by atoms with Crippen molar-refractivity contribution in [3.63, 3.8) is 0 Å². The van der Waals surface area contributed by atoms with Crippen molar-refractivity contribution in [2.45, 2.75) is 13.8 Å². The average Bonchev–Trinajstić information content (AvgIpc) is 2.85. The maximum atomic E-state index is 9.99. The van der Waals surface area contributed by atoms with E-state index in [1.807, 2.05) is 44.2 Å². The Balaban J connectivity index is 2.10. The van der Waals surface area contributed by atoms with Crippen molar-refractivity contribution in [3.05, 3.63) is 42.0 Å². The van der Waals surface area contributed by atoms with Gasteiger partial charge in [-0.05, 0) is 44.2 Å². The Morgan fingerprint density at radius 2 is 2.05 bits per heavy atom. The standard InChI is InChI=1S/C16H15NO2S/c1-3-19-11-5-6-13-15(9-11)20-16(17-13)12-8-10(2)4-7-14(12)18/h4-9,18H,3H2,1-2H3. The Labute approximate surface area is 121 Å². The van der Waals surface area contributed by atoms with Crippen molar-refractivity contribution in [1.82, 2.24) is 4.98 Å². The molecule has 102 valence electrons. The zero-order chi connectivity index (χ0) is 14.1. The summed E-state index contributed by atoms with van der Waals surface area (Å²) in [6.07, 6.45) is 0. The van der Waals surface area contributed by atoms with E-state index in [1.165, 1.54) is 0 Å². The molecule has 0 unspecified atom stereocenters. The molecular formula is C16H15NO2S. The van der Waals surface area contributed by atoms with Gasteiger partial charge in [0.25, 0.3) is 0 Å². The van der Waals surface area contributed by atoms with Crippen LogP contribution in [0.15, 0.2) is 36.4 Å². The number of ether oxygens (including phenoxy) is 1. The first-order valence-electron chi connectivity index (χ1n) is 6.51. The largest absolute Gasteiger partial charge is 0.507 e. The Hall–Kier alpha value is -2.07. The van der Waals surface area contributed by atoms with Crippen LogP contribution in [0.2, 0.25) is 0 Å². The van der Waals surface area contributed by atoms with Crippen LogP contribution in [-0.4, -0.2) is 16.7 Å². The number of hydrogen-bond donors (Lipinski definition) is 1. The first-order valence-corrected chi connectivity index (χ1v) is 7.32. The molecule has 4 heteroatoms. The maximum absolute atomic E-state index is 9.99. The fraction of sp³-hybridized carbons (Fsp3) is 0.188. The molecule has 0 amide bonds. The van der Waals surface area contributed by atoms with Crippen LogP contribution in [0, 0.1) is 6.92 Å². The summed E-state index contributed by atoms with van der Waals surface area (Å²) in [4.78, 5) is 4.59. The van der Waals surface area contributed by atoms with Gasteiger partial charge < -0.3 is 9.84 Å². The molecule has 0 spiro atoms. The molecule has 3 aromatic rings. The second kappa shape index (κ2) is 5.13. The molecule has 1 N–H and O–H groups in total. The van der Waals surface area contributed by atoms with Gasteiger partial charge in [-0.2, -0.15) is 0 Å². The molecule has 20 heavy (non-hydrogen) atoms. The van der Waals surface area contributed by atoms with Crippen LogP contribution in [0.5, 0.6) is 11.5 Å². The number of rotatable bonds is 3. The third-order valence-corrected chi connectivity index (χ3v) is 4.10. The van der Waals surface area contributed by atoms with Gasteiger partial charge in [0, 0.05) is 0 Å². The molecule has 0 saturated heterocycles. The van der Waals surface area contributed by atoms with Crippen molar-refractivity contribution in [3.8, 4) is 22.1 Å². The van der Waals surface area contributed by atoms with Crippen molar-refractivity contribution in [2.75, 3.05) is 6.61 Å². The number of aromatic hydroxyl groups is 1. The van der Waals surface area contributed by atoms with Gasteiger partial charge in [0.05, 0.1) is 22.4 Å². The van der Waals surface area contributed by atoms with Crippen molar-refractivity contribution in [2.24, 2.45) is 0 Å². The molecule has 0 saturated carbocycles. The minimum absolute atomic E-state index is 0.264. The number of thiazole rings is 1. The molecule has 3 nitrogen and oxygen atoms in total. The van der Waals surface area contributed by atoms with Gasteiger partial charge in [-0.25, -0.2) is 4.98 Å². The molecule has 0 aliphatic carbocycles. The monoisotopic (exact) mass is 285 g/mol. The summed E-state index contributed by atoms with van der Waals surface area (Å²) in [6.45, 7) is 4.62. The van der Waals surface area contributed by atoms with Crippen LogP contribution in [0.1, 0.15) is 12.5 Å². The normalized spacial score (nSPS) is 10.9. The third-order valence-electron chi connectivity index (χ3n) is 3.05. The lowest BCUT2D eigenvalue weighted by molar-refractivity contribution is 0.341. The quantitative estimate of drug-likeness (QED) is 0.776. The van der Waals surface area contributed by atoms with Gasteiger partial charge in [-0.1, -0.05) is 11.6 Å². The Bertz CT molecular complexity index is 764. The Kier molecular flexibility index (Phi) is 3.32. The zero-order valence-corrected chi connectivity index (χ0v) is 12.2. The summed E-state index contributed by atoms with van der Waals surface area (Å²) in [5.74, 6) is 1.11. The average molecular weight is 285 g/mol. The van der Waals surface area contributed by atoms with Gasteiger partial charge in [0.1, 0.15) is 16.5 Å². The lowest BCUT2D eigenvalue weighted by atomic mass is 10.1. The number of benzene rings is 2. The molecule has 0 radical (unpaired) electrons. The third kappa shape index (κ3) is 2.34. The van der Waals surface area contributed by atoms with E-state index in [-0.39, 0.29) is 5.75 Å². The molecule has 1 aromatic heterocycles. The van der Waals surface area contributed by atoms with E-state index in [9.17, 15) is 5.11 Å². The van der Waals surface area contributed by atoms with Crippen LogP contribution < -0.4 is 4.74 Å². The second-order valence-corrected chi connectivity index (χ2v) is 5.63. The predicted molar refractivity (Wildman–Crippen MR) is 82.6 cm³/mol. The lowest BCUT2D eigenvalue weighted by Gasteiger charge is -2.01. The predicted octanol–water partition coefficient (Wildman–Crippen LogP) is 4.38. The van der Waals surface area contributed by atoms with E-state index in [0.29, 0.717) is 6.61 Å². The lowest BCUT2D eigenvalue weighted by Crippen LogP contribution is -1.89. The second-order valence-electron chi connectivity index (χ2n) is 4.60. The molecule has 2 aromatic carbocycles. The molecule has 0 aliphatic rings. The topological polar surface area (TPSA) is 42.4 Å². The van der Waals surface area contributed by atoms with Gasteiger partial charge in [0.15, 0.2) is 0 Å². The fourth-order valence-corrected chi connectivity index (χ4v) is 3.12. The number of hydrogen-bond acceptors (Lipinski definition) is 4. The van der Waals surface area contributed by atoms with Gasteiger partial charge >= 0.3 is 0 Å². The number of phenols is 1. The number of nitrogens with zero attached hydrogens (tertiary/aromatic N) is 1. The highest BCUT2D eigenvalue weighted by atomic mass is 32.1. The summed E-state index contributed by atoms with van der Waals surface area (Å²) >= 11 is 1.56. The molecular weight excluding hydrogens is 270 g/mol. The maximum Gasteiger partial charge on any atom is 0.128 e. The number of aryl methyl sites for hydroxylation is 1. The Morgan fingerprint density at radius 1 is 1.20 bits per heavy atom. The van der Waals surface area contributed by atoms with E-state index in [1.54, 1.807) is 17.4 Å². The highest BCUT2D eigenvalue weighted by molar-refractivity contribution is 7.21. The molecule has 0 fully saturated rings. The van der Waals surface area contributed by atoms with E-state index in [0.717, 1.165) is 32.1 Å². The van der Waals surface area contributed by atoms with Crippen molar-refractivity contribution >= 4 is 21.6 Å². The van der Waals surface area contributed by atoms with Gasteiger partial charge in [0.2, 0.25) is 0 Å². The van der Waals surface area contributed by atoms with Crippen LogP contribution in [0.25, 0.3) is 20.8 Å². The summed E-state index contributed by atoms with van der Waals surface area (Å²) < 4.78 is 6.56. The minimum atomic E-state index is 0.264. The van der Waals surface area contributed by atoms with Gasteiger partial charge in [-0.3, -0.25) is 0 Å². The number of fused-ring (bicyclic) bond motifs is 1. The molecule has 0 atom stereocenters. The van der Waals surface area contributed by atoms with Crippen molar-refractivity contribution < 1.29 is 9.84 Å². The number of aromatic nitrogens is 1.